The Morgan fingerprint density at radius 2 is 1.88 bits per heavy atom. The Kier molecular flexibility index (Phi) is 6.34. The maximum atomic E-state index is 12.9. The van der Waals surface area contributed by atoms with Gasteiger partial charge in [0.2, 0.25) is 0 Å². The Morgan fingerprint density at radius 1 is 1.19 bits per heavy atom. The van der Waals surface area contributed by atoms with Crippen LogP contribution in [0.5, 0.6) is 5.75 Å². The van der Waals surface area contributed by atoms with E-state index in [1.54, 1.807) is 12.1 Å². The fourth-order valence-electron chi connectivity index (χ4n) is 2.36. The van der Waals surface area contributed by atoms with Gasteiger partial charge in [0.05, 0.1) is 18.0 Å². The van der Waals surface area contributed by atoms with Crippen molar-refractivity contribution in [2.75, 3.05) is 12.4 Å². The third kappa shape index (κ3) is 4.87. The van der Waals surface area contributed by atoms with E-state index >= 15 is 0 Å². The van der Waals surface area contributed by atoms with E-state index in [2.05, 4.69) is 20.9 Å². The Labute approximate surface area is 164 Å². The van der Waals surface area contributed by atoms with Crippen LogP contribution >= 0.6 is 27.7 Å². The first kappa shape index (κ1) is 18.9. The van der Waals surface area contributed by atoms with Crippen LogP contribution in [0, 0.1) is 5.82 Å². The van der Waals surface area contributed by atoms with Gasteiger partial charge in [0.1, 0.15) is 18.2 Å². The highest BCUT2D eigenvalue weighted by Crippen LogP contribution is 2.26. The first-order valence-corrected chi connectivity index (χ1v) is 9.77. The van der Waals surface area contributed by atoms with Crippen molar-refractivity contribution in [3.8, 4) is 17.0 Å². The summed E-state index contributed by atoms with van der Waals surface area (Å²) < 4.78 is 21.4. The largest absolute Gasteiger partial charge is 0.491 e. The highest BCUT2D eigenvalue weighted by atomic mass is 79.9. The van der Waals surface area contributed by atoms with Crippen LogP contribution in [-0.4, -0.2) is 33.1 Å². The SMILES string of the molecule is Cn1c(-c2ccc(Br)cc2)cnc1SCC(O)COc1ccc(F)cc1. The van der Waals surface area contributed by atoms with Crippen LogP contribution in [0.25, 0.3) is 11.3 Å². The molecular weight excluding hydrogens is 419 g/mol. The molecule has 1 N–H and O–H groups in total. The van der Waals surface area contributed by atoms with Gasteiger partial charge >= 0.3 is 0 Å². The van der Waals surface area contributed by atoms with Crippen LogP contribution in [0.4, 0.5) is 4.39 Å². The molecule has 0 radical (unpaired) electrons. The lowest BCUT2D eigenvalue weighted by Gasteiger charge is -2.12. The Morgan fingerprint density at radius 3 is 2.58 bits per heavy atom. The van der Waals surface area contributed by atoms with E-state index in [0.29, 0.717) is 11.5 Å². The van der Waals surface area contributed by atoms with Gasteiger partial charge in [-0.2, -0.15) is 0 Å². The minimum atomic E-state index is -0.655. The van der Waals surface area contributed by atoms with E-state index in [0.717, 1.165) is 20.9 Å². The zero-order valence-electron chi connectivity index (χ0n) is 14.1. The van der Waals surface area contributed by atoms with Crippen molar-refractivity contribution in [2.24, 2.45) is 7.05 Å². The molecular formula is C19H18BrFN2O2S. The highest BCUT2D eigenvalue weighted by molar-refractivity contribution is 9.10. The predicted molar refractivity (Wildman–Crippen MR) is 105 cm³/mol. The van der Waals surface area contributed by atoms with Crippen LogP contribution in [0.1, 0.15) is 0 Å². The molecule has 0 aliphatic carbocycles. The summed E-state index contributed by atoms with van der Waals surface area (Å²) in [5.74, 6) is 0.668. The molecule has 2 aromatic carbocycles. The molecule has 1 aromatic heterocycles. The zero-order chi connectivity index (χ0) is 18.5. The molecule has 0 saturated heterocycles. The number of aromatic nitrogens is 2. The first-order chi connectivity index (χ1) is 12.5. The number of benzene rings is 2. The molecule has 1 heterocycles. The lowest BCUT2D eigenvalue weighted by atomic mass is 10.2. The number of hydrogen-bond donors (Lipinski definition) is 1. The van der Waals surface area contributed by atoms with Crippen LogP contribution in [0.15, 0.2) is 64.4 Å². The van der Waals surface area contributed by atoms with Crippen LogP contribution < -0.4 is 4.74 Å². The summed E-state index contributed by atoms with van der Waals surface area (Å²) in [5, 5.41) is 10.9. The fourth-order valence-corrected chi connectivity index (χ4v) is 3.48. The molecule has 3 rings (SSSR count). The second-order valence-electron chi connectivity index (χ2n) is 5.72. The number of aliphatic hydroxyl groups excluding tert-OH is 1. The van der Waals surface area contributed by atoms with Crippen LogP contribution in [-0.2, 0) is 7.05 Å². The van der Waals surface area contributed by atoms with Crippen molar-refractivity contribution < 1.29 is 14.2 Å². The van der Waals surface area contributed by atoms with Crippen LogP contribution in [0.2, 0.25) is 0 Å². The monoisotopic (exact) mass is 436 g/mol. The lowest BCUT2D eigenvalue weighted by Crippen LogP contribution is -2.20. The molecule has 136 valence electrons. The van der Waals surface area contributed by atoms with Crippen molar-refractivity contribution in [2.45, 2.75) is 11.3 Å². The minimum absolute atomic E-state index is 0.141. The topological polar surface area (TPSA) is 47.3 Å². The maximum absolute atomic E-state index is 12.9. The smallest absolute Gasteiger partial charge is 0.168 e. The van der Waals surface area contributed by atoms with Gasteiger partial charge < -0.3 is 14.4 Å². The fraction of sp³-hybridized carbons (Fsp3) is 0.211. The number of hydrogen-bond acceptors (Lipinski definition) is 4. The average Bonchev–Trinajstić information content (AvgIpc) is 3.01. The Hall–Kier alpha value is -1.83. The summed E-state index contributed by atoms with van der Waals surface area (Å²) in [6, 6.07) is 13.8. The highest BCUT2D eigenvalue weighted by Gasteiger charge is 2.12. The number of nitrogens with zero attached hydrogens (tertiary/aromatic N) is 2. The molecule has 1 unspecified atom stereocenters. The van der Waals surface area contributed by atoms with Crippen molar-refractivity contribution in [3.63, 3.8) is 0 Å². The van der Waals surface area contributed by atoms with Gasteiger partial charge in [-0.25, -0.2) is 9.37 Å². The van der Waals surface area contributed by atoms with Crippen molar-refractivity contribution >= 4 is 27.7 Å². The lowest BCUT2D eigenvalue weighted by molar-refractivity contribution is 0.126. The molecule has 3 aromatic rings. The number of aliphatic hydroxyl groups is 1. The number of rotatable bonds is 7. The van der Waals surface area contributed by atoms with Gasteiger partial charge in [-0.3, -0.25) is 0 Å². The molecule has 1 atom stereocenters. The summed E-state index contributed by atoms with van der Waals surface area (Å²) in [6.07, 6.45) is 1.17. The molecule has 7 heteroatoms. The van der Waals surface area contributed by atoms with Crippen LogP contribution in [0.3, 0.4) is 0 Å². The minimum Gasteiger partial charge on any atom is -0.491 e. The normalized spacial score (nSPS) is 12.2. The Bertz CT molecular complexity index is 853. The third-order valence-corrected chi connectivity index (χ3v) is 5.46. The van der Waals surface area contributed by atoms with E-state index < -0.39 is 6.10 Å². The van der Waals surface area contributed by atoms with Gasteiger partial charge in [-0.15, -0.1) is 0 Å². The average molecular weight is 437 g/mol. The molecule has 0 fully saturated rings. The maximum Gasteiger partial charge on any atom is 0.168 e. The number of ether oxygens (including phenoxy) is 1. The van der Waals surface area contributed by atoms with Gasteiger partial charge in [0.25, 0.3) is 0 Å². The third-order valence-electron chi connectivity index (χ3n) is 3.75. The van der Waals surface area contributed by atoms with E-state index in [1.807, 2.05) is 42.1 Å². The number of imidazole rings is 1. The molecule has 0 bridgehead atoms. The van der Waals surface area contributed by atoms with Crippen molar-refractivity contribution in [1.82, 2.24) is 9.55 Å². The van der Waals surface area contributed by atoms with Crippen molar-refractivity contribution in [1.29, 1.82) is 0 Å². The van der Waals surface area contributed by atoms with Gasteiger partial charge in [-0.1, -0.05) is 39.8 Å². The quantitative estimate of drug-likeness (QED) is 0.553. The molecule has 0 spiro atoms. The summed E-state index contributed by atoms with van der Waals surface area (Å²) in [6.45, 7) is 0.141. The number of halogens is 2. The van der Waals surface area contributed by atoms with Crippen molar-refractivity contribution in [3.05, 3.63) is 65.0 Å². The van der Waals surface area contributed by atoms with E-state index in [-0.39, 0.29) is 12.4 Å². The summed E-state index contributed by atoms with van der Waals surface area (Å²) in [5.41, 5.74) is 2.09. The first-order valence-electron chi connectivity index (χ1n) is 8.00. The second kappa shape index (κ2) is 8.70. The van der Waals surface area contributed by atoms with E-state index in [9.17, 15) is 9.50 Å². The van der Waals surface area contributed by atoms with Gasteiger partial charge in [0.15, 0.2) is 5.16 Å². The van der Waals surface area contributed by atoms with E-state index in [4.69, 9.17) is 4.74 Å². The molecule has 0 aliphatic rings. The second-order valence-corrected chi connectivity index (χ2v) is 7.62. The van der Waals surface area contributed by atoms with Gasteiger partial charge in [-0.05, 0) is 42.0 Å². The summed E-state index contributed by atoms with van der Waals surface area (Å²) in [7, 11) is 1.95. The van der Waals surface area contributed by atoms with Gasteiger partial charge in [0, 0.05) is 17.3 Å². The Balaban J connectivity index is 1.54. The zero-order valence-corrected chi connectivity index (χ0v) is 16.5. The standard InChI is InChI=1S/C19H18BrFN2O2S/c1-23-18(13-2-4-14(20)5-3-13)10-22-19(23)26-12-16(24)11-25-17-8-6-15(21)7-9-17/h2-10,16,24H,11-12H2,1H3. The molecule has 0 aliphatic heterocycles. The molecule has 26 heavy (non-hydrogen) atoms. The summed E-state index contributed by atoms with van der Waals surface area (Å²) >= 11 is 4.90. The number of thioether (sulfide) groups is 1. The molecule has 0 saturated carbocycles. The summed E-state index contributed by atoms with van der Waals surface area (Å²) in [4.78, 5) is 4.44. The van der Waals surface area contributed by atoms with E-state index in [1.165, 1.54) is 23.9 Å². The molecule has 4 nitrogen and oxygen atoms in total. The molecule has 0 amide bonds. The predicted octanol–water partition coefficient (Wildman–Crippen LogP) is 4.52.